The summed E-state index contributed by atoms with van der Waals surface area (Å²) in [7, 11) is -1.12. The predicted molar refractivity (Wildman–Crippen MR) is 122 cm³/mol. The normalized spacial score (nSPS) is 12.6. The third kappa shape index (κ3) is 2.64. The highest BCUT2D eigenvalue weighted by molar-refractivity contribution is 7.84. The second-order valence-electron chi connectivity index (χ2n) is 6.93. The molecule has 1 unspecified atom stereocenters. The summed E-state index contributed by atoms with van der Waals surface area (Å²) >= 11 is 6.55. The van der Waals surface area contributed by atoms with Crippen molar-refractivity contribution in [3.63, 3.8) is 0 Å². The van der Waals surface area contributed by atoms with E-state index in [-0.39, 0.29) is 0 Å². The van der Waals surface area contributed by atoms with Gasteiger partial charge in [-0.15, -0.1) is 0 Å². The molecule has 5 rings (SSSR count). The van der Waals surface area contributed by atoms with Gasteiger partial charge in [0.1, 0.15) is 0 Å². The van der Waals surface area contributed by atoms with Crippen LogP contribution in [0.1, 0.15) is 0 Å². The molecule has 0 bridgehead atoms. The summed E-state index contributed by atoms with van der Waals surface area (Å²) < 4.78 is 12.8. The predicted octanol–water partition coefficient (Wildman–Crippen LogP) is 7.20. The maximum atomic E-state index is 12.8. The van der Waals surface area contributed by atoms with Crippen LogP contribution in [0.4, 0.5) is 0 Å². The first-order chi connectivity index (χ1) is 13.6. The Labute approximate surface area is 171 Å². The molecule has 3 heteroatoms. The quantitative estimate of drug-likeness (QED) is 0.286. The van der Waals surface area contributed by atoms with Gasteiger partial charge in [0.05, 0.1) is 15.7 Å². The van der Waals surface area contributed by atoms with Gasteiger partial charge in [0.2, 0.25) is 0 Å². The van der Waals surface area contributed by atoms with Crippen LogP contribution in [0.25, 0.3) is 43.4 Å². The molecule has 0 fully saturated rings. The van der Waals surface area contributed by atoms with E-state index in [9.17, 15) is 4.21 Å². The lowest BCUT2D eigenvalue weighted by Crippen LogP contribution is -1.95. The Balaban J connectivity index is 1.97. The van der Waals surface area contributed by atoms with Crippen LogP contribution in [0.2, 0.25) is 5.02 Å². The Bertz CT molecular complexity index is 1400. The molecule has 0 aliphatic rings. The van der Waals surface area contributed by atoms with E-state index in [0.29, 0.717) is 0 Å². The molecule has 136 valence electrons. The second-order valence-corrected chi connectivity index (χ2v) is 8.65. The van der Waals surface area contributed by atoms with Crippen LogP contribution in [-0.2, 0) is 10.8 Å². The number of rotatable bonds is 2. The smallest absolute Gasteiger partial charge is 0.0542 e. The maximum Gasteiger partial charge on any atom is 0.0542 e. The highest BCUT2D eigenvalue weighted by Gasteiger charge is 2.16. The molecule has 0 spiro atoms. The number of hydrogen-bond acceptors (Lipinski definition) is 1. The average Bonchev–Trinajstić information content (AvgIpc) is 2.72. The summed E-state index contributed by atoms with van der Waals surface area (Å²) in [4.78, 5) is 0.879. The van der Waals surface area contributed by atoms with Crippen LogP contribution in [0, 0.1) is 0 Å². The Kier molecular flexibility index (Phi) is 4.19. The molecule has 0 saturated heterocycles. The fourth-order valence-corrected chi connectivity index (χ4v) is 5.37. The molecule has 0 heterocycles. The monoisotopic (exact) mass is 400 g/mol. The first-order valence-corrected chi connectivity index (χ1v) is 11.0. The molecule has 28 heavy (non-hydrogen) atoms. The number of halogens is 1. The highest BCUT2D eigenvalue weighted by Crippen LogP contribution is 2.40. The molecule has 1 atom stereocenters. The summed E-state index contributed by atoms with van der Waals surface area (Å²) in [6.45, 7) is 0. The van der Waals surface area contributed by atoms with E-state index in [4.69, 9.17) is 11.6 Å². The molecule has 5 aromatic rings. The molecule has 1 nitrogen and oxygen atoms in total. The minimum Gasteiger partial charge on any atom is -0.255 e. The zero-order valence-corrected chi connectivity index (χ0v) is 16.8. The van der Waals surface area contributed by atoms with Crippen molar-refractivity contribution in [1.29, 1.82) is 0 Å². The van der Waals surface area contributed by atoms with E-state index in [1.54, 1.807) is 6.26 Å². The summed E-state index contributed by atoms with van der Waals surface area (Å²) in [5.41, 5.74) is 2.10. The van der Waals surface area contributed by atoms with Gasteiger partial charge in [-0.1, -0.05) is 90.5 Å². The lowest BCUT2D eigenvalue weighted by atomic mass is 9.92. The standard InChI is InChI=1S/C25H17ClOS/c1-28(27)25-18-9-3-2-7-16(18)13-14-22(25)21-12-6-8-17-15-23(26)19-10-4-5-11-20(19)24(17)21/h2-15H,1H3. The summed E-state index contributed by atoms with van der Waals surface area (Å²) in [6.07, 6.45) is 1.76. The minimum atomic E-state index is -1.12. The van der Waals surface area contributed by atoms with Gasteiger partial charge >= 0.3 is 0 Å². The Morgan fingerprint density at radius 3 is 2.14 bits per heavy atom. The van der Waals surface area contributed by atoms with Gasteiger partial charge in [-0.3, -0.25) is 4.21 Å². The van der Waals surface area contributed by atoms with E-state index < -0.39 is 10.8 Å². The van der Waals surface area contributed by atoms with Gasteiger partial charge in [-0.2, -0.15) is 0 Å². The van der Waals surface area contributed by atoms with Gasteiger partial charge < -0.3 is 0 Å². The molecule has 0 radical (unpaired) electrons. The van der Waals surface area contributed by atoms with Crippen molar-refractivity contribution in [2.45, 2.75) is 4.90 Å². The fraction of sp³-hybridized carbons (Fsp3) is 0.0400. The van der Waals surface area contributed by atoms with Crippen molar-refractivity contribution < 1.29 is 4.21 Å². The largest absolute Gasteiger partial charge is 0.255 e. The van der Waals surface area contributed by atoms with Gasteiger partial charge in [-0.25, -0.2) is 0 Å². The molecule has 0 N–H and O–H groups in total. The number of hydrogen-bond donors (Lipinski definition) is 0. The van der Waals surface area contributed by atoms with Crippen LogP contribution in [-0.4, -0.2) is 10.5 Å². The van der Waals surface area contributed by atoms with Crippen molar-refractivity contribution in [3.05, 3.63) is 90.0 Å². The van der Waals surface area contributed by atoms with E-state index in [1.165, 1.54) is 0 Å². The number of benzene rings is 5. The van der Waals surface area contributed by atoms with Gasteiger partial charge in [0, 0.05) is 16.7 Å². The Morgan fingerprint density at radius 1 is 0.679 bits per heavy atom. The van der Waals surface area contributed by atoms with Crippen molar-refractivity contribution in [1.82, 2.24) is 0 Å². The van der Waals surface area contributed by atoms with Gasteiger partial charge in [-0.05, 0) is 44.1 Å². The van der Waals surface area contributed by atoms with Crippen LogP contribution in [0.3, 0.4) is 0 Å². The van der Waals surface area contributed by atoms with Crippen LogP contribution < -0.4 is 0 Å². The third-order valence-corrected chi connectivity index (χ3v) is 6.62. The summed E-state index contributed by atoms with van der Waals surface area (Å²) in [5.74, 6) is 0. The highest BCUT2D eigenvalue weighted by atomic mass is 35.5. The third-order valence-electron chi connectivity index (χ3n) is 5.29. The van der Waals surface area contributed by atoms with Crippen molar-refractivity contribution >= 4 is 54.7 Å². The Hall–Kier alpha value is -2.68. The molecule has 5 aromatic carbocycles. The van der Waals surface area contributed by atoms with Crippen molar-refractivity contribution in [2.24, 2.45) is 0 Å². The molecular weight excluding hydrogens is 384 g/mol. The van der Waals surface area contributed by atoms with Crippen LogP contribution in [0.15, 0.2) is 89.8 Å². The van der Waals surface area contributed by atoms with Crippen molar-refractivity contribution in [2.75, 3.05) is 6.26 Å². The maximum absolute atomic E-state index is 12.8. The van der Waals surface area contributed by atoms with E-state index >= 15 is 0 Å². The molecule has 0 aromatic heterocycles. The number of fused-ring (bicyclic) bond motifs is 4. The van der Waals surface area contributed by atoms with E-state index in [2.05, 4.69) is 42.5 Å². The van der Waals surface area contributed by atoms with E-state index in [1.807, 2.05) is 42.5 Å². The summed E-state index contributed by atoms with van der Waals surface area (Å²) in [5, 5.41) is 7.26. The fourth-order valence-electron chi connectivity index (χ4n) is 4.10. The SMILES string of the molecule is CS(=O)c1c(-c2cccc3cc(Cl)c4ccccc4c23)ccc2ccccc12. The summed E-state index contributed by atoms with van der Waals surface area (Å²) in [6, 6.07) is 28.8. The van der Waals surface area contributed by atoms with Crippen LogP contribution >= 0.6 is 11.6 Å². The zero-order chi connectivity index (χ0) is 19.3. The minimum absolute atomic E-state index is 0.748. The topological polar surface area (TPSA) is 17.1 Å². The Morgan fingerprint density at radius 2 is 1.36 bits per heavy atom. The van der Waals surface area contributed by atoms with Crippen molar-refractivity contribution in [3.8, 4) is 11.1 Å². The first kappa shape index (κ1) is 17.4. The molecule has 0 amide bonds. The zero-order valence-electron chi connectivity index (χ0n) is 15.3. The van der Waals surface area contributed by atoms with E-state index in [0.717, 1.165) is 53.4 Å². The van der Waals surface area contributed by atoms with Gasteiger partial charge in [0.15, 0.2) is 0 Å². The molecule has 0 saturated carbocycles. The molecular formula is C25H17ClOS. The van der Waals surface area contributed by atoms with Gasteiger partial charge in [0.25, 0.3) is 0 Å². The van der Waals surface area contributed by atoms with Crippen LogP contribution in [0.5, 0.6) is 0 Å². The average molecular weight is 401 g/mol. The second kappa shape index (κ2) is 6.73. The first-order valence-electron chi connectivity index (χ1n) is 9.10. The molecule has 0 aliphatic carbocycles. The lowest BCUT2D eigenvalue weighted by Gasteiger charge is -2.15. The lowest BCUT2D eigenvalue weighted by molar-refractivity contribution is 0.687. The molecule has 0 aliphatic heterocycles.